The van der Waals surface area contributed by atoms with E-state index < -0.39 is 35.3 Å². The van der Waals surface area contributed by atoms with Crippen LogP contribution in [0.4, 0.5) is 34.9 Å². The number of hydrogen-bond donors (Lipinski definition) is 2. The highest BCUT2D eigenvalue weighted by Crippen LogP contribution is 2.24. The zero-order valence-corrected chi connectivity index (χ0v) is 8.74. The summed E-state index contributed by atoms with van der Waals surface area (Å²) < 4.78 is 48.8. The highest BCUT2D eigenvalue weighted by Gasteiger charge is 2.40. The molecule has 0 aliphatic rings. The highest BCUT2D eigenvalue weighted by molar-refractivity contribution is 5.57. The van der Waals surface area contributed by atoms with Gasteiger partial charge in [-0.2, -0.15) is 8.78 Å². The number of hydrogen-bond acceptors (Lipinski definition) is 5. The molecule has 18 heavy (non-hydrogen) atoms. The number of nitrogen functional groups attached to an aromatic ring is 1. The maximum atomic E-state index is 12.6. The van der Waals surface area contributed by atoms with Crippen molar-refractivity contribution in [2.24, 2.45) is 0 Å². The van der Waals surface area contributed by atoms with Crippen molar-refractivity contribution in [3.63, 3.8) is 0 Å². The lowest BCUT2D eigenvalue weighted by molar-refractivity contribution is -0.384. The summed E-state index contributed by atoms with van der Waals surface area (Å²) >= 11 is 0. The van der Waals surface area contributed by atoms with Crippen LogP contribution < -0.4 is 11.1 Å². The van der Waals surface area contributed by atoms with Crippen LogP contribution in [0.15, 0.2) is 12.1 Å². The van der Waals surface area contributed by atoms with Gasteiger partial charge >= 0.3 is 18.0 Å². The number of halogens is 4. The van der Waals surface area contributed by atoms with Gasteiger partial charge in [0.25, 0.3) is 0 Å². The van der Waals surface area contributed by atoms with Crippen LogP contribution >= 0.6 is 0 Å². The fourth-order valence-electron chi connectivity index (χ4n) is 1.01. The predicted octanol–water partition coefficient (Wildman–Crippen LogP) is 1.88. The molecule has 0 saturated heterocycles. The summed E-state index contributed by atoms with van der Waals surface area (Å²) in [7, 11) is 0. The predicted molar refractivity (Wildman–Crippen MR) is 54.7 cm³/mol. The summed E-state index contributed by atoms with van der Waals surface area (Å²) in [4.78, 5) is 13.0. The van der Waals surface area contributed by atoms with Crippen LogP contribution in [0.3, 0.4) is 0 Å². The maximum Gasteiger partial charge on any atom is 0.324 e. The Hall–Kier alpha value is -2.13. The second-order valence-corrected chi connectivity index (χ2v) is 3.27. The number of nitrogens with zero attached hydrogens (tertiary/aromatic N) is 2. The molecule has 0 saturated carbocycles. The van der Waals surface area contributed by atoms with Crippen molar-refractivity contribution in [1.82, 2.24) is 4.98 Å². The Balaban J connectivity index is 2.76. The van der Waals surface area contributed by atoms with Gasteiger partial charge < -0.3 is 11.1 Å². The van der Waals surface area contributed by atoms with Gasteiger partial charge in [-0.25, -0.2) is 13.8 Å². The lowest BCUT2D eigenvalue weighted by atomic mass is 10.3. The lowest BCUT2D eigenvalue weighted by Gasteiger charge is -2.16. The summed E-state index contributed by atoms with van der Waals surface area (Å²) in [6, 6.07) is 1.93. The molecule has 1 aromatic rings. The maximum absolute atomic E-state index is 12.6. The largest absolute Gasteiger partial charge is 0.378 e. The van der Waals surface area contributed by atoms with Crippen LogP contribution in [0.5, 0.6) is 0 Å². The van der Waals surface area contributed by atoms with Crippen molar-refractivity contribution in [2.45, 2.75) is 12.3 Å². The van der Waals surface area contributed by atoms with E-state index in [9.17, 15) is 27.7 Å². The van der Waals surface area contributed by atoms with Gasteiger partial charge in [-0.05, 0) is 6.07 Å². The minimum absolute atomic E-state index is 0.251. The third kappa shape index (κ3) is 3.18. The van der Waals surface area contributed by atoms with Gasteiger partial charge in [-0.3, -0.25) is 10.1 Å². The Morgan fingerprint density at radius 2 is 2.11 bits per heavy atom. The molecule has 0 unspecified atom stereocenters. The van der Waals surface area contributed by atoms with Crippen LogP contribution in [-0.4, -0.2) is 28.8 Å². The van der Waals surface area contributed by atoms with Crippen LogP contribution in [0.1, 0.15) is 0 Å². The van der Waals surface area contributed by atoms with E-state index in [1.807, 2.05) is 5.32 Å². The van der Waals surface area contributed by atoms with Crippen LogP contribution in [0.25, 0.3) is 0 Å². The third-order valence-electron chi connectivity index (χ3n) is 1.92. The van der Waals surface area contributed by atoms with Crippen molar-refractivity contribution >= 4 is 17.3 Å². The van der Waals surface area contributed by atoms with Gasteiger partial charge in [0.05, 0.1) is 11.5 Å². The van der Waals surface area contributed by atoms with Gasteiger partial charge in [-0.15, -0.1) is 0 Å². The third-order valence-corrected chi connectivity index (χ3v) is 1.92. The quantitative estimate of drug-likeness (QED) is 0.483. The molecule has 0 fully saturated rings. The Bertz CT molecular complexity index is 455. The second kappa shape index (κ2) is 5.02. The number of pyridine rings is 1. The van der Waals surface area contributed by atoms with Crippen molar-refractivity contribution in [1.29, 1.82) is 0 Å². The number of nitro groups is 1. The Labute approximate surface area is 98.0 Å². The van der Waals surface area contributed by atoms with E-state index in [0.29, 0.717) is 0 Å². The van der Waals surface area contributed by atoms with Crippen molar-refractivity contribution in [3.05, 3.63) is 22.2 Å². The highest BCUT2D eigenvalue weighted by atomic mass is 19.3. The number of aromatic nitrogens is 1. The van der Waals surface area contributed by atoms with Gasteiger partial charge in [0.15, 0.2) is 0 Å². The number of nitrogens with two attached hydrogens (primary N) is 1. The molecule has 6 nitrogen and oxygen atoms in total. The first-order valence-corrected chi connectivity index (χ1v) is 4.55. The molecule has 100 valence electrons. The average Bonchev–Trinajstić information content (AvgIpc) is 2.25. The van der Waals surface area contributed by atoms with Gasteiger partial charge in [-0.1, -0.05) is 0 Å². The average molecular weight is 268 g/mol. The fourth-order valence-corrected chi connectivity index (χ4v) is 1.01. The first kappa shape index (κ1) is 13.9. The Kier molecular flexibility index (Phi) is 3.89. The number of anilines is 2. The van der Waals surface area contributed by atoms with E-state index in [1.54, 1.807) is 0 Å². The molecule has 0 aliphatic carbocycles. The van der Waals surface area contributed by atoms with E-state index in [1.165, 1.54) is 0 Å². The second-order valence-electron chi connectivity index (χ2n) is 3.27. The monoisotopic (exact) mass is 268 g/mol. The molecule has 0 aromatic carbocycles. The molecule has 0 bridgehead atoms. The minimum atomic E-state index is -4.22. The molecule has 1 rings (SSSR count). The van der Waals surface area contributed by atoms with E-state index >= 15 is 0 Å². The number of alkyl halides is 4. The molecule has 1 heterocycles. The summed E-state index contributed by atoms with van der Waals surface area (Å²) in [6.07, 6.45) is -3.82. The standard InChI is InChI=1S/C8H8F4N4O2/c9-7(10)8(11,12)3-14-5-2-1-4(16(17)18)6(13)15-5/h1-2,7H,3H2,(H3,13,14,15). The normalized spacial score (nSPS) is 11.6. The SMILES string of the molecule is Nc1nc(NCC(F)(F)C(F)F)ccc1[N+](=O)[O-]. The summed E-state index contributed by atoms with van der Waals surface area (Å²) in [5.74, 6) is -4.97. The molecule has 10 heteroatoms. The van der Waals surface area contributed by atoms with Gasteiger partial charge in [0.2, 0.25) is 5.82 Å². The zero-order chi connectivity index (χ0) is 13.9. The summed E-state index contributed by atoms with van der Waals surface area (Å²) in [6.45, 7) is -1.35. The molecular formula is C8H8F4N4O2. The molecule has 0 amide bonds. The molecule has 0 radical (unpaired) electrons. The topological polar surface area (TPSA) is 94.1 Å². The molecule has 3 N–H and O–H groups in total. The smallest absolute Gasteiger partial charge is 0.324 e. The number of rotatable bonds is 5. The zero-order valence-electron chi connectivity index (χ0n) is 8.74. The number of nitrogens with one attached hydrogen (secondary N) is 1. The van der Waals surface area contributed by atoms with Crippen molar-refractivity contribution in [2.75, 3.05) is 17.6 Å². The molecule has 0 aliphatic heterocycles. The van der Waals surface area contributed by atoms with E-state index in [-0.39, 0.29) is 5.82 Å². The summed E-state index contributed by atoms with van der Waals surface area (Å²) in [5, 5.41) is 12.3. The summed E-state index contributed by atoms with van der Waals surface area (Å²) in [5.41, 5.74) is 4.69. The molecular weight excluding hydrogens is 260 g/mol. The van der Waals surface area contributed by atoms with Crippen LogP contribution in [-0.2, 0) is 0 Å². The Morgan fingerprint density at radius 3 is 2.56 bits per heavy atom. The minimum Gasteiger partial charge on any atom is -0.378 e. The van der Waals surface area contributed by atoms with Crippen molar-refractivity contribution < 1.29 is 22.5 Å². The van der Waals surface area contributed by atoms with Gasteiger partial charge in [0.1, 0.15) is 5.82 Å². The lowest BCUT2D eigenvalue weighted by Crippen LogP contribution is -2.35. The van der Waals surface area contributed by atoms with Crippen LogP contribution in [0.2, 0.25) is 0 Å². The van der Waals surface area contributed by atoms with E-state index in [4.69, 9.17) is 5.73 Å². The Morgan fingerprint density at radius 1 is 1.50 bits per heavy atom. The molecule has 1 aromatic heterocycles. The first-order valence-electron chi connectivity index (χ1n) is 4.55. The van der Waals surface area contributed by atoms with Crippen LogP contribution in [0, 0.1) is 10.1 Å². The first-order chi connectivity index (χ1) is 8.24. The van der Waals surface area contributed by atoms with E-state index in [0.717, 1.165) is 12.1 Å². The van der Waals surface area contributed by atoms with Gasteiger partial charge in [0, 0.05) is 6.07 Å². The molecule has 0 spiro atoms. The molecule has 0 atom stereocenters. The van der Waals surface area contributed by atoms with E-state index in [2.05, 4.69) is 4.98 Å². The fraction of sp³-hybridized carbons (Fsp3) is 0.375. The van der Waals surface area contributed by atoms with Crippen molar-refractivity contribution in [3.8, 4) is 0 Å².